The Balaban J connectivity index is 0.828. The molecule has 0 fully saturated rings. The molecule has 0 aliphatic carbocycles. The number of fused-ring (bicyclic) bond motifs is 2. The summed E-state index contributed by atoms with van der Waals surface area (Å²) in [7, 11) is 1.82. The minimum atomic E-state index is -4.76. The van der Waals surface area contributed by atoms with Crippen molar-refractivity contribution in [3.8, 4) is 28.3 Å². The van der Waals surface area contributed by atoms with Gasteiger partial charge in [-0.05, 0) is 77.2 Å². The molecule has 24 heteroatoms. The van der Waals surface area contributed by atoms with Gasteiger partial charge < -0.3 is 41.9 Å². The maximum atomic E-state index is 13.9. The highest BCUT2D eigenvalue weighted by molar-refractivity contribution is 6.08. The number of pyridine rings is 1. The Hall–Kier alpha value is -10.4. The number of anilines is 6. The lowest BCUT2D eigenvalue weighted by Gasteiger charge is -2.16. The van der Waals surface area contributed by atoms with E-state index in [4.69, 9.17) is 10.7 Å². The Morgan fingerprint density at radius 3 is 2.12 bits per heavy atom. The molecule has 10 aromatic rings. The molecule has 10 rings (SSSR count). The van der Waals surface area contributed by atoms with Crippen molar-refractivity contribution >= 4 is 68.8 Å². The first-order valence-electron chi connectivity index (χ1n) is 23.5. The summed E-state index contributed by atoms with van der Waals surface area (Å²) in [5.41, 5.74) is 11.0. The highest BCUT2D eigenvalue weighted by Crippen LogP contribution is 2.37. The van der Waals surface area contributed by atoms with Crippen molar-refractivity contribution in [2.45, 2.75) is 32.2 Å². The Labute approximate surface area is 437 Å². The summed E-state index contributed by atoms with van der Waals surface area (Å²) in [6, 6.07) is 24.7. The van der Waals surface area contributed by atoms with Gasteiger partial charge in [0.05, 0.1) is 34.1 Å². The summed E-state index contributed by atoms with van der Waals surface area (Å²) in [5, 5.41) is 25.1. The number of aryl methyl sites for hydroxylation is 1. The molecule has 78 heavy (non-hydrogen) atoms. The van der Waals surface area contributed by atoms with Crippen LogP contribution in [0.4, 0.5) is 61.2 Å². The van der Waals surface area contributed by atoms with Gasteiger partial charge in [-0.15, -0.1) is 0 Å². The van der Waals surface area contributed by atoms with E-state index in [0.29, 0.717) is 56.8 Å². The third-order valence-electron chi connectivity index (χ3n) is 12.4. The van der Waals surface area contributed by atoms with Crippen LogP contribution in [0.25, 0.3) is 44.3 Å². The maximum absolute atomic E-state index is 13.9. The van der Waals surface area contributed by atoms with Crippen LogP contribution in [0.1, 0.15) is 61.8 Å². The maximum Gasteiger partial charge on any atom is 0.417 e. The van der Waals surface area contributed by atoms with Gasteiger partial charge >= 0.3 is 6.18 Å². The lowest BCUT2D eigenvalue weighted by molar-refractivity contribution is -0.137. The summed E-state index contributed by atoms with van der Waals surface area (Å²) >= 11 is 0. The summed E-state index contributed by atoms with van der Waals surface area (Å²) < 4.78 is 83.8. The van der Waals surface area contributed by atoms with E-state index in [0.717, 1.165) is 46.5 Å². The van der Waals surface area contributed by atoms with Crippen LogP contribution in [-0.4, -0.2) is 56.3 Å². The molecule has 0 spiro atoms. The zero-order valence-corrected chi connectivity index (χ0v) is 40.8. The number of nitrogens with one attached hydrogen (secondary N) is 6. The number of hydrogen-bond acceptors (Lipinski definition) is 14. The minimum Gasteiger partial charge on any atom is -0.383 e. The second kappa shape index (κ2) is 21.1. The summed E-state index contributed by atoms with van der Waals surface area (Å²) in [5.74, 6) is -3.48. The number of aromatic nitrogens is 9. The molecule has 8 N–H and O–H groups in total. The molecule has 0 saturated heterocycles. The molecular formula is C54H40F6N16O2. The normalized spacial score (nSPS) is 11.8. The van der Waals surface area contributed by atoms with Crippen molar-refractivity contribution in [3.63, 3.8) is 0 Å². The van der Waals surface area contributed by atoms with Gasteiger partial charge in [-0.3, -0.25) is 9.59 Å². The topological polar surface area (TPSA) is 255 Å². The quantitative estimate of drug-likeness (QED) is 0.0472. The molecule has 2 amide bonds. The standard InChI is InChI=1S/C54H40F6N16O2/c1-27(32-11-16-40(56)41(57)17-32)70-52(78)44-49(66-23-36(19-61)71-44)64-21-29-5-9-31(10-6-29)39-25-76(2)50-42(39)45(62)73-53(75-50)74-48-43-38(24-67-47(43)68-26-69-48)30-7-3-28(4-8-30)20-63-46-37(18-33(22-65-46)54(58,59)60)51(77)72-35-14-12-34(55)13-15-35/h3-18,22-27H,20-21H2,1-2H3,(H,63,65)(H,64,66)(H,70,78)(H,72,77)(H4,62,67,68,69,73,74,75)/t27-/m0/s1. The fourth-order valence-corrected chi connectivity index (χ4v) is 8.47. The smallest absolute Gasteiger partial charge is 0.383 e. The number of H-pyrrole nitrogens is 1. The van der Waals surface area contributed by atoms with Crippen LogP contribution < -0.4 is 32.3 Å². The third-order valence-corrected chi connectivity index (χ3v) is 12.4. The Kier molecular flexibility index (Phi) is 13.8. The first-order valence-corrected chi connectivity index (χ1v) is 23.5. The zero-order valence-electron chi connectivity index (χ0n) is 40.8. The van der Waals surface area contributed by atoms with E-state index in [1.165, 1.54) is 30.7 Å². The molecule has 6 heterocycles. The van der Waals surface area contributed by atoms with Gasteiger partial charge in [0.2, 0.25) is 5.95 Å². The van der Waals surface area contributed by atoms with E-state index in [9.17, 15) is 41.2 Å². The second-order valence-electron chi connectivity index (χ2n) is 17.7. The fourth-order valence-electron chi connectivity index (χ4n) is 8.47. The van der Waals surface area contributed by atoms with E-state index >= 15 is 0 Å². The van der Waals surface area contributed by atoms with Crippen molar-refractivity contribution < 1.29 is 35.9 Å². The van der Waals surface area contributed by atoms with E-state index in [1.54, 1.807) is 25.3 Å². The van der Waals surface area contributed by atoms with Gasteiger partial charge in [-0.2, -0.15) is 28.4 Å². The minimum absolute atomic E-state index is 0.0833. The van der Waals surface area contributed by atoms with Crippen molar-refractivity contribution in [2.75, 3.05) is 27.0 Å². The predicted octanol–water partition coefficient (Wildman–Crippen LogP) is 10.4. The third kappa shape index (κ3) is 10.7. The Bertz CT molecular complexity index is 3970. The predicted molar refractivity (Wildman–Crippen MR) is 278 cm³/mol. The van der Waals surface area contributed by atoms with Crippen LogP contribution in [0.2, 0.25) is 0 Å². The van der Waals surface area contributed by atoms with Crippen LogP contribution in [-0.2, 0) is 26.3 Å². The number of nitrogens with zero attached hydrogens (tertiary/aromatic N) is 9. The monoisotopic (exact) mass is 1060 g/mol. The number of nitriles is 1. The molecule has 0 aliphatic rings. The van der Waals surface area contributed by atoms with Gasteiger partial charge in [0.1, 0.15) is 47.0 Å². The average molecular weight is 1060 g/mol. The van der Waals surface area contributed by atoms with Gasteiger partial charge in [-0.25, -0.2) is 38.1 Å². The molecule has 0 unspecified atom stereocenters. The molecule has 1 atom stereocenters. The molecular weight excluding hydrogens is 1020 g/mol. The average Bonchev–Trinajstić information content (AvgIpc) is 4.14. The van der Waals surface area contributed by atoms with Gasteiger partial charge in [0.25, 0.3) is 11.8 Å². The number of aromatic amines is 1. The number of nitrogen functional groups attached to an aromatic ring is 1. The number of hydrogen-bond donors (Lipinski definition) is 7. The number of alkyl halides is 3. The lowest BCUT2D eigenvalue weighted by atomic mass is 10.0. The van der Waals surface area contributed by atoms with Crippen LogP contribution >= 0.6 is 0 Å². The zero-order chi connectivity index (χ0) is 54.8. The number of benzene rings is 4. The number of amides is 2. The summed E-state index contributed by atoms with van der Waals surface area (Å²) in [4.78, 5) is 60.5. The number of halogens is 6. The molecule has 390 valence electrons. The highest BCUT2D eigenvalue weighted by Gasteiger charge is 2.33. The molecule has 0 bridgehead atoms. The number of rotatable bonds is 15. The van der Waals surface area contributed by atoms with Crippen LogP contribution in [0, 0.1) is 28.8 Å². The Morgan fingerprint density at radius 2 is 1.44 bits per heavy atom. The molecule has 0 saturated carbocycles. The fraction of sp³-hybridized carbons (Fsp3) is 0.111. The van der Waals surface area contributed by atoms with Crippen molar-refractivity contribution in [3.05, 3.63) is 185 Å². The summed E-state index contributed by atoms with van der Waals surface area (Å²) in [6.45, 7) is 1.88. The SMILES string of the molecule is C[C@H](NC(=O)c1nc(C#N)cnc1NCc1ccc(-c2cn(C)c3nc(Nc4ncnc5[nH]cc(-c6ccc(CNc7ncc(C(F)(F)F)cc7C(=O)Nc7ccc(F)cc7)cc6)c45)nc(N)c23)cc1)c1ccc(F)c(F)c1. The van der Waals surface area contributed by atoms with E-state index in [2.05, 4.69) is 61.5 Å². The molecule has 6 aromatic heterocycles. The van der Waals surface area contributed by atoms with Gasteiger partial charge in [-0.1, -0.05) is 54.6 Å². The number of nitrogens with two attached hydrogens (primary N) is 1. The highest BCUT2D eigenvalue weighted by atomic mass is 19.4. The summed E-state index contributed by atoms with van der Waals surface area (Å²) in [6.07, 6.45) is 2.12. The van der Waals surface area contributed by atoms with Crippen molar-refractivity contribution in [2.24, 2.45) is 7.05 Å². The van der Waals surface area contributed by atoms with Gasteiger partial charge in [0, 0.05) is 55.5 Å². The van der Waals surface area contributed by atoms with Gasteiger partial charge in [0.15, 0.2) is 28.8 Å². The molecule has 4 aromatic carbocycles. The number of carbonyl (C=O) groups is 2. The van der Waals surface area contributed by atoms with Crippen molar-refractivity contribution in [1.29, 1.82) is 5.26 Å². The van der Waals surface area contributed by atoms with Crippen molar-refractivity contribution in [1.82, 2.24) is 49.8 Å². The van der Waals surface area contributed by atoms with Crippen LogP contribution in [0.15, 0.2) is 128 Å². The van der Waals surface area contributed by atoms with Crippen LogP contribution in [0.3, 0.4) is 0 Å². The molecule has 0 radical (unpaired) electrons. The number of carbonyl (C=O) groups excluding carboxylic acids is 2. The second-order valence-corrected chi connectivity index (χ2v) is 17.7. The first-order chi connectivity index (χ1) is 37.5. The molecule has 0 aliphatic heterocycles. The Morgan fingerprint density at radius 1 is 0.756 bits per heavy atom. The van der Waals surface area contributed by atoms with Crippen LogP contribution in [0.5, 0.6) is 0 Å². The lowest BCUT2D eigenvalue weighted by Crippen LogP contribution is -2.29. The van der Waals surface area contributed by atoms with E-state index in [1.807, 2.05) is 60.3 Å². The van der Waals surface area contributed by atoms with E-state index in [-0.39, 0.29) is 59.1 Å². The first kappa shape index (κ1) is 51.1. The van der Waals surface area contributed by atoms with E-state index < -0.39 is 47.0 Å². The molecule has 18 nitrogen and oxygen atoms in total. The largest absolute Gasteiger partial charge is 0.417 e.